The zero-order chi connectivity index (χ0) is 22.0. The van der Waals surface area contributed by atoms with Crippen molar-refractivity contribution in [1.82, 2.24) is 14.8 Å². The van der Waals surface area contributed by atoms with E-state index in [0.29, 0.717) is 25.2 Å². The first-order valence-corrected chi connectivity index (χ1v) is 11.4. The van der Waals surface area contributed by atoms with Crippen molar-refractivity contribution in [2.45, 2.75) is 37.3 Å². The molecule has 162 valence electrons. The van der Waals surface area contributed by atoms with Gasteiger partial charge in [0.25, 0.3) is 5.91 Å². The van der Waals surface area contributed by atoms with E-state index in [0.717, 1.165) is 26.5 Å². The molecule has 0 saturated carbocycles. The summed E-state index contributed by atoms with van der Waals surface area (Å²) in [5.74, 6) is -0.190. The molecule has 9 heteroatoms. The highest BCUT2D eigenvalue weighted by Crippen LogP contribution is 2.28. The quantitative estimate of drug-likeness (QED) is 0.450. The Hall–Kier alpha value is -3.01. The minimum Gasteiger partial charge on any atom is -0.489 e. The van der Waals surface area contributed by atoms with Gasteiger partial charge < -0.3 is 4.74 Å². The molecule has 1 saturated heterocycles. The fraction of sp³-hybridized carbons (Fsp3) is 0.273. The summed E-state index contributed by atoms with van der Waals surface area (Å²) in [6, 6.07) is 15.0. The second-order valence-corrected chi connectivity index (χ2v) is 9.34. The summed E-state index contributed by atoms with van der Waals surface area (Å²) in [5, 5.41) is 9.89. The van der Waals surface area contributed by atoms with Gasteiger partial charge in [-0.2, -0.15) is 4.31 Å². The summed E-state index contributed by atoms with van der Waals surface area (Å²) < 4.78 is 32.9. The van der Waals surface area contributed by atoms with E-state index in [1.54, 1.807) is 17.6 Å². The molecule has 3 aromatic rings. The number of fused-ring (bicyclic) bond motifs is 1. The predicted molar refractivity (Wildman–Crippen MR) is 114 cm³/mol. The average molecular weight is 442 g/mol. The van der Waals surface area contributed by atoms with Crippen LogP contribution >= 0.6 is 0 Å². The molecule has 0 bridgehead atoms. The van der Waals surface area contributed by atoms with Crippen molar-refractivity contribution in [3.63, 3.8) is 0 Å². The number of carbonyl (C=O) groups is 1. The second-order valence-electron chi connectivity index (χ2n) is 7.45. The number of aryl methyl sites for hydroxylation is 1. The summed E-state index contributed by atoms with van der Waals surface area (Å²) in [6.45, 7) is 2.48. The van der Waals surface area contributed by atoms with Crippen molar-refractivity contribution in [3.8, 4) is 5.75 Å². The van der Waals surface area contributed by atoms with Gasteiger partial charge in [-0.1, -0.05) is 18.2 Å². The monoisotopic (exact) mass is 441 g/mol. The molecule has 0 aliphatic carbocycles. The summed E-state index contributed by atoms with van der Waals surface area (Å²) in [6.07, 6.45) is 0.921. The number of nitrogens with one attached hydrogen (secondary N) is 1. The maximum atomic E-state index is 13.0. The first kappa shape index (κ1) is 21.2. The van der Waals surface area contributed by atoms with E-state index in [4.69, 9.17) is 9.94 Å². The minimum absolute atomic E-state index is 0.0719. The van der Waals surface area contributed by atoms with Gasteiger partial charge in [0.05, 0.1) is 10.4 Å². The van der Waals surface area contributed by atoms with Crippen LogP contribution in [0.25, 0.3) is 10.9 Å². The number of para-hydroxylation sites is 1. The lowest BCUT2D eigenvalue weighted by Gasteiger charge is -2.22. The van der Waals surface area contributed by atoms with E-state index in [1.807, 2.05) is 37.3 Å². The molecule has 1 aliphatic rings. The van der Waals surface area contributed by atoms with Crippen LogP contribution in [0.15, 0.2) is 59.5 Å². The van der Waals surface area contributed by atoms with Crippen LogP contribution in [0.2, 0.25) is 0 Å². The van der Waals surface area contributed by atoms with Crippen LogP contribution in [0.5, 0.6) is 5.75 Å². The maximum Gasteiger partial charge on any atom is 0.261 e. The molecule has 1 fully saturated rings. The Morgan fingerprint density at radius 1 is 1.23 bits per heavy atom. The largest absolute Gasteiger partial charge is 0.489 e. The fourth-order valence-corrected chi connectivity index (χ4v) is 5.54. The summed E-state index contributed by atoms with van der Waals surface area (Å²) in [5.41, 5.74) is 4.34. The SMILES string of the molecule is Cc1cc(COc2ccc(S(=O)(=O)N3CCC[C@@H]3C(=O)NO)cc2)c2ccccc2n1. The molecular formula is C22H23N3O5S. The van der Waals surface area contributed by atoms with E-state index in [2.05, 4.69) is 4.98 Å². The zero-order valence-corrected chi connectivity index (χ0v) is 17.8. The third-order valence-electron chi connectivity index (χ3n) is 5.37. The molecule has 1 atom stereocenters. The zero-order valence-electron chi connectivity index (χ0n) is 17.0. The Balaban J connectivity index is 1.51. The van der Waals surface area contributed by atoms with E-state index < -0.39 is 22.0 Å². The van der Waals surface area contributed by atoms with Gasteiger partial charge in [0.15, 0.2) is 0 Å². The third kappa shape index (κ3) is 4.25. The molecule has 0 radical (unpaired) electrons. The van der Waals surface area contributed by atoms with Gasteiger partial charge in [0, 0.05) is 23.2 Å². The Bertz CT molecular complexity index is 1210. The highest BCUT2D eigenvalue weighted by molar-refractivity contribution is 7.89. The van der Waals surface area contributed by atoms with E-state index in [1.165, 1.54) is 12.1 Å². The van der Waals surface area contributed by atoms with Crippen LogP contribution < -0.4 is 10.2 Å². The number of hydrogen-bond acceptors (Lipinski definition) is 6. The number of sulfonamides is 1. The van der Waals surface area contributed by atoms with Crippen LogP contribution in [0.4, 0.5) is 0 Å². The number of carbonyl (C=O) groups excluding carboxylic acids is 1. The van der Waals surface area contributed by atoms with Crippen LogP contribution in [-0.4, -0.2) is 41.4 Å². The number of rotatable bonds is 6. The standard InChI is InChI=1S/C22H23N3O5S/c1-15-13-16(19-5-2-3-6-20(19)23-15)14-30-17-8-10-18(11-9-17)31(28,29)25-12-4-7-21(25)22(26)24-27/h2-3,5-6,8-11,13,21,27H,4,7,12,14H2,1H3,(H,24,26)/t21-/m1/s1. The molecule has 2 aromatic carbocycles. The molecule has 0 unspecified atom stereocenters. The number of hydroxylamine groups is 1. The van der Waals surface area contributed by atoms with Crippen LogP contribution in [0.3, 0.4) is 0 Å². The Kier molecular flexibility index (Phi) is 5.90. The smallest absolute Gasteiger partial charge is 0.261 e. The van der Waals surface area contributed by atoms with Gasteiger partial charge in [-0.15, -0.1) is 0 Å². The lowest BCUT2D eigenvalue weighted by molar-refractivity contribution is -0.132. The molecular weight excluding hydrogens is 418 g/mol. The topological polar surface area (TPSA) is 109 Å². The molecule has 31 heavy (non-hydrogen) atoms. The van der Waals surface area contributed by atoms with Gasteiger partial charge >= 0.3 is 0 Å². The lowest BCUT2D eigenvalue weighted by atomic mass is 10.1. The van der Waals surface area contributed by atoms with E-state index in [-0.39, 0.29) is 11.4 Å². The molecule has 1 amide bonds. The van der Waals surface area contributed by atoms with Crippen molar-refractivity contribution in [2.75, 3.05) is 6.54 Å². The van der Waals surface area contributed by atoms with Crippen molar-refractivity contribution < 1.29 is 23.2 Å². The van der Waals surface area contributed by atoms with Crippen LogP contribution in [0, 0.1) is 6.92 Å². The third-order valence-corrected chi connectivity index (χ3v) is 7.29. The van der Waals surface area contributed by atoms with Gasteiger partial charge in [-0.25, -0.2) is 13.9 Å². The fourth-order valence-electron chi connectivity index (χ4n) is 3.88. The molecule has 2 N–H and O–H groups in total. The summed E-state index contributed by atoms with van der Waals surface area (Å²) >= 11 is 0. The average Bonchev–Trinajstić information content (AvgIpc) is 3.28. The van der Waals surface area contributed by atoms with Crippen LogP contribution in [0.1, 0.15) is 24.1 Å². The highest BCUT2D eigenvalue weighted by Gasteiger charge is 2.39. The first-order valence-electron chi connectivity index (χ1n) is 9.94. The number of nitrogens with zero attached hydrogens (tertiary/aromatic N) is 2. The maximum absolute atomic E-state index is 13.0. The predicted octanol–water partition coefficient (Wildman–Crippen LogP) is 2.78. The molecule has 8 nitrogen and oxygen atoms in total. The summed E-state index contributed by atoms with van der Waals surface area (Å²) in [7, 11) is -3.86. The van der Waals surface area contributed by atoms with Crippen molar-refractivity contribution in [1.29, 1.82) is 0 Å². The van der Waals surface area contributed by atoms with Gasteiger partial charge in [-0.3, -0.25) is 15.0 Å². The van der Waals surface area contributed by atoms with Gasteiger partial charge in [0.1, 0.15) is 18.4 Å². The number of hydrogen-bond donors (Lipinski definition) is 2. The number of amides is 1. The molecule has 1 aromatic heterocycles. The number of aromatic nitrogens is 1. The Labute approximate surface area is 180 Å². The van der Waals surface area contributed by atoms with E-state index in [9.17, 15) is 13.2 Å². The Morgan fingerprint density at radius 3 is 2.71 bits per heavy atom. The number of pyridine rings is 1. The Morgan fingerprint density at radius 2 is 1.97 bits per heavy atom. The van der Waals surface area contributed by atoms with E-state index >= 15 is 0 Å². The first-order chi connectivity index (χ1) is 14.9. The van der Waals surface area contributed by atoms with Gasteiger partial charge in [-0.05, 0) is 56.2 Å². The number of benzene rings is 2. The highest BCUT2D eigenvalue weighted by atomic mass is 32.2. The van der Waals surface area contributed by atoms with Crippen molar-refractivity contribution >= 4 is 26.8 Å². The molecule has 2 heterocycles. The minimum atomic E-state index is -3.86. The summed E-state index contributed by atoms with van der Waals surface area (Å²) in [4.78, 5) is 16.4. The lowest BCUT2D eigenvalue weighted by Crippen LogP contribution is -2.44. The van der Waals surface area contributed by atoms with Gasteiger partial charge in [0.2, 0.25) is 10.0 Å². The molecule has 4 rings (SSSR count). The van der Waals surface area contributed by atoms with Crippen molar-refractivity contribution in [3.05, 3.63) is 65.9 Å². The molecule has 1 aliphatic heterocycles. The van der Waals surface area contributed by atoms with Crippen LogP contribution in [-0.2, 0) is 21.4 Å². The normalized spacial score (nSPS) is 17.0. The molecule has 0 spiro atoms. The number of ether oxygens (including phenoxy) is 1. The van der Waals surface area contributed by atoms with Crippen molar-refractivity contribution in [2.24, 2.45) is 0 Å². The second kappa shape index (κ2) is 8.62.